The van der Waals surface area contributed by atoms with Crippen molar-refractivity contribution in [3.8, 4) is 0 Å². The van der Waals surface area contributed by atoms with Crippen LogP contribution in [-0.2, 0) is 11.2 Å². The Bertz CT molecular complexity index is 521. The lowest BCUT2D eigenvalue weighted by Crippen LogP contribution is -2.29. The van der Waals surface area contributed by atoms with Gasteiger partial charge in [-0.15, -0.1) is 0 Å². The molecular weight excluding hydrogens is 280 g/mol. The van der Waals surface area contributed by atoms with E-state index in [0.29, 0.717) is 24.8 Å². The van der Waals surface area contributed by atoms with Gasteiger partial charge in [0, 0.05) is 24.8 Å². The zero-order valence-electron chi connectivity index (χ0n) is 13.8. The van der Waals surface area contributed by atoms with E-state index in [9.17, 15) is 19.8 Å². The fourth-order valence-corrected chi connectivity index (χ4v) is 2.41. The van der Waals surface area contributed by atoms with Gasteiger partial charge in [0.1, 0.15) is 5.78 Å². The summed E-state index contributed by atoms with van der Waals surface area (Å²) >= 11 is 0. The summed E-state index contributed by atoms with van der Waals surface area (Å²) in [4.78, 5) is 23.1. The lowest BCUT2D eigenvalue weighted by Gasteiger charge is -2.22. The van der Waals surface area contributed by atoms with Gasteiger partial charge in [-0.25, -0.2) is 0 Å². The Morgan fingerprint density at radius 1 is 1.05 bits per heavy atom. The standard InChI is InChI=1S/C18H26O4/c1-13(19)11-18(4,22)12-14-5-7-15(8-6-14)16(20)9-10-17(2,3)21/h5-8,21-22H,9-12H2,1-4H3. The average molecular weight is 306 g/mol. The second-order valence-electron chi connectivity index (χ2n) is 6.99. The molecule has 1 aromatic rings. The molecule has 0 bridgehead atoms. The summed E-state index contributed by atoms with van der Waals surface area (Å²) in [5.41, 5.74) is -0.441. The third kappa shape index (κ3) is 6.96. The van der Waals surface area contributed by atoms with Crippen LogP contribution >= 0.6 is 0 Å². The lowest BCUT2D eigenvalue weighted by molar-refractivity contribution is -0.121. The second kappa shape index (κ2) is 7.16. The molecule has 0 aliphatic carbocycles. The number of Topliss-reactive ketones (excluding diaryl/α,β-unsaturated/α-hetero) is 2. The first-order valence-electron chi connectivity index (χ1n) is 7.55. The summed E-state index contributed by atoms with van der Waals surface area (Å²) in [6.07, 6.45) is 1.19. The van der Waals surface area contributed by atoms with Crippen molar-refractivity contribution in [2.24, 2.45) is 0 Å². The number of aliphatic hydroxyl groups is 2. The van der Waals surface area contributed by atoms with Gasteiger partial charge in [-0.05, 0) is 39.7 Å². The normalized spacial score (nSPS) is 14.5. The molecule has 1 rings (SSSR count). The highest BCUT2D eigenvalue weighted by Gasteiger charge is 2.23. The molecule has 0 aliphatic heterocycles. The first-order valence-corrected chi connectivity index (χ1v) is 7.55. The molecule has 0 radical (unpaired) electrons. The van der Waals surface area contributed by atoms with E-state index in [4.69, 9.17) is 0 Å². The molecule has 2 N–H and O–H groups in total. The zero-order chi connectivity index (χ0) is 17.0. The topological polar surface area (TPSA) is 74.6 Å². The minimum Gasteiger partial charge on any atom is -0.390 e. The maximum absolute atomic E-state index is 12.0. The summed E-state index contributed by atoms with van der Waals surface area (Å²) in [6.45, 7) is 6.46. The van der Waals surface area contributed by atoms with Crippen molar-refractivity contribution in [2.75, 3.05) is 0 Å². The molecule has 4 nitrogen and oxygen atoms in total. The first kappa shape index (κ1) is 18.5. The minimum atomic E-state index is -1.07. The summed E-state index contributed by atoms with van der Waals surface area (Å²) in [6, 6.07) is 7.05. The van der Waals surface area contributed by atoms with Crippen LogP contribution in [0.2, 0.25) is 0 Å². The van der Waals surface area contributed by atoms with Crippen LogP contribution in [0.3, 0.4) is 0 Å². The average Bonchev–Trinajstić information content (AvgIpc) is 2.33. The van der Waals surface area contributed by atoms with Crippen LogP contribution in [0.25, 0.3) is 0 Å². The predicted molar refractivity (Wildman–Crippen MR) is 85.9 cm³/mol. The molecule has 0 aromatic heterocycles. The van der Waals surface area contributed by atoms with Crippen LogP contribution in [0.5, 0.6) is 0 Å². The maximum Gasteiger partial charge on any atom is 0.162 e. The molecule has 0 fully saturated rings. The molecule has 0 aliphatic rings. The van der Waals surface area contributed by atoms with E-state index < -0.39 is 11.2 Å². The molecule has 0 spiro atoms. The van der Waals surface area contributed by atoms with E-state index in [1.165, 1.54) is 6.92 Å². The fourth-order valence-electron chi connectivity index (χ4n) is 2.41. The molecule has 1 atom stereocenters. The summed E-state index contributed by atoms with van der Waals surface area (Å²) < 4.78 is 0. The van der Waals surface area contributed by atoms with E-state index in [1.54, 1.807) is 45.0 Å². The van der Waals surface area contributed by atoms with E-state index in [1.807, 2.05) is 0 Å². The Morgan fingerprint density at radius 3 is 2.05 bits per heavy atom. The van der Waals surface area contributed by atoms with Gasteiger partial charge in [0.25, 0.3) is 0 Å². The van der Waals surface area contributed by atoms with Gasteiger partial charge >= 0.3 is 0 Å². The maximum atomic E-state index is 12.0. The number of carbonyl (C=O) groups is 2. The van der Waals surface area contributed by atoms with Gasteiger partial charge in [-0.2, -0.15) is 0 Å². The molecule has 1 aromatic carbocycles. The van der Waals surface area contributed by atoms with Crippen LogP contribution in [0.15, 0.2) is 24.3 Å². The Kier molecular flexibility index (Phi) is 6.03. The Hall–Kier alpha value is -1.52. The number of ketones is 2. The van der Waals surface area contributed by atoms with Gasteiger partial charge < -0.3 is 10.2 Å². The van der Waals surface area contributed by atoms with E-state index in [2.05, 4.69) is 0 Å². The first-order chi connectivity index (χ1) is 9.98. The summed E-state index contributed by atoms with van der Waals surface area (Å²) in [5.74, 6) is -0.0624. The van der Waals surface area contributed by atoms with Crippen LogP contribution in [0.4, 0.5) is 0 Å². The van der Waals surface area contributed by atoms with Crippen molar-refractivity contribution in [1.82, 2.24) is 0 Å². The quantitative estimate of drug-likeness (QED) is 0.724. The van der Waals surface area contributed by atoms with Gasteiger partial charge in [0.15, 0.2) is 5.78 Å². The zero-order valence-corrected chi connectivity index (χ0v) is 13.8. The van der Waals surface area contributed by atoms with Gasteiger partial charge in [-0.3, -0.25) is 9.59 Å². The number of hydrogen-bond acceptors (Lipinski definition) is 4. The van der Waals surface area contributed by atoms with Crippen molar-refractivity contribution in [3.63, 3.8) is 0 Å². The van der Waals surface area contributed by atoms with Crippen LogP contribution in [-0.4, -0.2) is 33.0 Å². The molecule has 1 unspecified atom stereocenters. The Labute approximate surface area is 132 Å². The molecule has 0 amide bonds. The van der Waals surface area contributed by atoms with E-state index in [0.717, 1.165) is 5.56 Å². The highest BCUT2D eigenvalue weighted by molar-refractivity contribution is 5.96. The highest BCUT2D eigenvalue weighted by Crippen LogP contribution is 2.19. The van der Waals surface area contributed by atoms with Crippen molar-refractivity contribution >= 4 is 11.6 Å². The van der Waals surface area contributed by atoms with Gasteiger partial charge in [-0.1, -0.05) is 24.3 Å². The number of carbonyl (C=O) groups excluding carboxylic acids is 2. The molecule has 0 saturated carbocycles. The Morgan fingerprint density at radius 2 is 1.59 bits per heavy atom. The molecule has 122 valence electrons. The van der Waals surface area contributed by atoms with Crippen LogP contribution in [0, 0.1) is 0 Å². The SMILES string of the molecule is CC(=O)CC(C)(O)Cc1ccc(C(=O)CCC(C)(C)O)cc1. The summed E-state index contributed by atoms with van der Waals surface area (Å²) in [7, 11) is 0. The number of hydrogen-bond donors (Lipinski definition) is 2. The summed E-state index contributed by atoms with van der Waals surface area (Å²) in [5, 5.41) is 19.8. The third-order valence-corrected chi connectivity index (χ3v) is 3.45. The fraction of sp³-hybridized carbons (Fsp3) is 0.556. The lowest BCUT2D eigenvalue weighted by atomic mass is 9.91. The Balaban J connectivity index is 2.66. The van der Waals surface area contributed by atoms with Gasteiger partial charge in [0.05, 0.1) is 11.2 Å². The molecule has 22 heavy (non-hydrogen) atoms. The van der Waals surface area contributed by atoms with Crippen LogP contribution in [0.1, 0.15) is 62.9 Å². The molecule has 0 heterocycles. The van der Waals surface area contributed by atoms with Crippen molar-refractivity contribution in [1.29, 1.82) is 0 Å². The van der Waals surface area contributed by atoms with Crippen molar-refractivity contribution < 1.29 is 19.8 Å². The molecule has 0 saturated heterocycles. The van der Waals surface area contributed by atoms with Gasteiger partial charge in [0.2, 0.25) is 0 Å². The third-order valence-electron chi connectivity index (χ3n) is 3.45. The second-order valence-corrected chi connectivity index (χ2v) is 6.99. The smallest absolute Gasteiger partial charge is 0.162 e. The predicted octanol–water partition coefficient (Wildman–Crippen LogP) is 2.69. The van der Waals surface area contributed by atoms with Crippen molar-refractivity contribution in [2.45, 2.75) is 64.6 Å². The van der Waals surface area contributed by atoms with E-state index in [-0.39, 0.29) is 18.0 Å². The van der Waals surface area contributed by atoms with E-state index >= 15 is 0 Å². The molecule has 4 heteroatoms. The number of benzene rings is 1. The number of rotatable bonds is 8. The van der Waals surface area contributed by atoms with Crippen LogP contribution < -0.4 is 0 Å². The largest absolute Gasteiger partial charge is 0.390 e. The molecular formula is C18H26O4. The highest BCUT2D eigenvalue weighted by atomic mass is 16.3. The van der Waals surface area contributed by atoms with Crippen molar-refractivity contribution in [3.05, 3.63) is 35.4 Å². The minimum absolute atomic E-state index is 0.0100. The monoisotopic (exact) mass is 306 g/mol.